The van der Waals surface area contributed by atoms with Crippen LogP contribution < -0.4 is 0 Å². The van der Waals surface area contributed by atoms with Crippen molar-refractivity contribution < 1.29 is 23.9 Å². The molecule has 2 N–H and O–H groups in total. The summed E-state index contributed by atoms with van der Waals surface area (Å²) < 4.78 is 10.7. The number of esters is 1. The molecule has 132 valence electrons. The molecule has 0 rings (SSSR count). The summed E-state index contributed by atoms with van der Waals surface area (Å²) in [5, 5.41) is 17.1. The molecular formula is C15H34O5Si2. The molecular weight excluding hydrogens is 316 g/mol. The standard InChI is InChI=1S/C8H22OSi2.C7H12O4/c1-7-8-11(5,6)9-10(2,3)4;1-5(2)7(10)11-4-6(9)3-8/h7-8H2,1-6H3;6,8-9H,1,3-4H2,2H3. The van der Waals surface area contributed by atoms with Gasteiger partial charge in [-0.1, -0.05) is 19.9 Å². The first-order valence-corrected chi connectivity index (χ1v) is 14.2. The lowest BCUT2D eigenvalue weighted by molar-refractivity contribution is -0.142. The third kappa shape index (κ3) is 15.9. The van der Waals surface area contributed by atoms with Crippen LogP contribution in [0.4, 0.5) is 0 Å². The van der Waals surface area contributed by atoms with Gasteiger partial charge in [-0.05, 0) is 45.7 Å². The molecule has 1 unspecified atom stereocenters. The second-order valence-corrected chi connectivity index (χ2v) is 16.0. The number of rotatable bonds is 8. The van der Waals surface area contributed by atoms with Gasteiger partial charge in [0.2, 0.25) is 0 Å². The van der Waals surface area contributed by atoms with Crippen LogP contribution in [-0.4, -0.2) is 52.1 Å². The van der Waals surface area contributed by atoms with Gasteiger partial charge in [0.15, 0.2) is 16.6 Å². The summed E-state index contributed by atoms with van der Waals surface area (Å²) >= 11 is 0. The zero-order valence-corrected chi connectivity index (χ0v) is 17.2. The van der Waals surface area contributed by atoms with Crippen molar-refractivity contribution >= 4 is 22.6 Å². The first-order chi connectivity index (χ1) is 9.84. The van der Waals surface area contributed by atoms with E-state index < -0.39 is 35.3 Å². The minimum absolute atomic E-state index is 0.192. The highest BCUT2D eigenvalue weighted by molar-refractivity contribution is 6.84. The largest absolute Gasteiger partial charge is 0.460 e. The third-order valence-corrected chi connectivity index (χ3v) is 8.76. The number of carbonyl (C=O) groups is 1. The number of hydrogen-bond donors (Lipinski definition) is 2. The Balaban J connectivity index is 0. The van der Waals surface area contributed by atoms with Crippen LogP contribution in [0, 0.1) is 0 Å². The Kier molecular flexibility index (Phi) is 12.0. The fourth-order valence-corrected chi connectivity index (χ4v) is 10.1. The van der Waals surface area contributed by atoms with Gasteiger partial charge < -0.3 is 19.1 Å². The van der Waals surface area contributed by atoms with E-state index in [0.29, 0.717) is 0 Å². The molecule has 0 spiro atoms. The predicted octanol–water partition coefficient (Wildman–Crippen LogP) is 2.91. The van der Waals surface area contributed by atoms with Crippen LogP contribution in [0.5, 0.6) is 0 Å². The monoisotopic (exact) mass is 350 g/mol. The van der Waals surface area contributed by atoms with E-state index in [4.69, 9.17) is 14.3 Å². The van der Waals surface area contributed by atoms with Gasteiger partial charge in [-0.25, -0.2) is 4.79 Å². The molecule has 5 nitrogen and oxygen atoms in total. The van der Waals surface area contributed by atoms with E-state index in [2.05, 4.69) is 51.0 Å². The van der Waals surface area contributed by atoms with Gasteiger partial charge in [0.05, 0.1) is 6.61 Å². The SMILES string of the molecule is C=C(C)C(=O)OCC(O)CO.CCC[Si](C)(C)O[Si](C)(C)C. The van der Waals surface area contributed by atoms with Gasteiger partial charge in [0, 0.05) is 5.57 Å². The topological polar surface area (TPSA) is 76.0 Å². The van der Waals surface area contributed by atoms with E-state index >= 15 is 0 Å². The fraction of sp³-hybridized carbons (Fsp3) is 0.800. The average Bonchev–Trinajstić information content (AvgIpc) is 2.32. The van der Waals surface area contributed by atoms with Crippen LogP contribution in [0.15, 0.2) is 12.2 Å². The summed E-state index contributed by atoms with van der Waals surface area (Å²) in [6.45, 7) is 18.0. The zero-order valence-electron chi connectivity index (χ0n) is 15.2. The maximum absolute atomic E-state index is 10.6. The van der Waals surface area contributed by atoms with E-state index in [-0.39, 0.29) is 12.2 Å². The van der Waals surface area contributed by atoms with Crippen molar-refractivity contribution in [3.8, 4) is 0 Å². The van der Waals surface area contributed by atoms with Crippen LogP contribution in [-0.2, 0) is 13.6 Å². The second-order valence-electron chi connectivity index (χ2n) is 6.94. The summed E-state index contributed by atoms with van der Waals surface area (Å²) in [6.07, 6.45) is 0.266. The Bertz CT molecular complexity index is 337. The molecule has 0 bridgehead atoms. The van der Waals surface area contributed by atoms with Crippen molar-refractivity contribution in [3.05, 3.63) is 12.2 Å². The third-order valence-electron chi connectivity index (χ3n) is 2.40. The summed E-state index contributed by atoms with van der Waals surface area (Å²) in [5.74, 6) is -0.558. The molecule has 0 amide bonds. The molecule has 0 heterocycles. The van der Waals surface area contributed by atoms with Gasteiger partial charge in [-0.15, -0.1) is 0 Å². The van der Waals surface area contributed by atoms with Gasteiger partial charge in [0.1, 0.15) is 12.7 Å². The van der Waals surface area contributed by atoms with Crippen molar-refractivity contribution in [2.24, 2.45) is 0 Å². The Morgan fingerprint density at radius 1 is 1.23 bits per heavy atom. The Hall–Kier alpha value is -0.476. The highest BCUT2D eigenvalue weighted by Gasteiger charge is 2.28. The number of carbonyl (C=O) groups excluding carboxylic acids is 1. The van der Waals surface area contributed by atoms with Crippen molar-refractivity contribution in [3.63, 3.8) is 0 Å². The molecule has 22 heavy (non-hydrogen) atoms. The summed E-state index contributed by atoms with van der Waals surface area (Å²) in [4.78, 5) is 10.6. The smallest absolute Gasteiger partial charge is 0.333 e. The minimum Gasteiger partial charge on any atom is -0.460 e. The van der Waals surface area contributed by atoms with Crippen LogP contribution in [0.25, 0.3) is 0 Å². The lowest BCUT2D eigenvalue weighted by atomic mass is 10.3. The van der Waals surface area contributed by atoms with Gasteiger partial charge in [-0.2, -0.15) is 0 Å². The molecule has 0 aromatic rings. The number of ether oxygens (including phenoxy) is 1. The molecule has 0 aliphatic rings. The maximum atomic E-state index is 10.6. The zero-order chi connectivity index (χ0) is 18.0. The maximum Gasteiger partial charge on any atom is 0.333 e. The average molecular weight is 351 g/mol. The molecule has 0 radical (unpaired) electrons. The van der Waals surface area contributed by atoms with E-state index in [1.165, 1.54) is 19.4 Å². The van der Waals surface area contributed by atoms with Crippen LogP contribution in [0.1, 0.15) is 20.3 Å². The molecule has 0 saturated heterocycles. The van der Waals surface area contributed by atoms with Crippen molar-refractivity contribution in [2.45, 2.75) is 65.2 Å². The van der Waals surface area contributed by atoms with E-state index in [0.717, 1.165) is 0 Å². The fourth-order valence-electron chi connectivity index (χ4n) is 1.83. The second kappa shape index (κ2) is 11.1. The van der Waals surface area contributed by atoms with Gasteiger partial charge in [0.25, 0.3) is 0 Å². The van der Waals surface area contributed by atoms with Crippen molar-refractivity contribution in [2.75, 3.05) is 13.2 Å². The summed E-state index contributed by atoms with van der Waals surface area (Å²) in [5.41, 5.74) is 0.273. The lowest BCUT2D eigenvalue weighted by Gasteiger charge is -2.31. The Morgan fingerprint density at radius 3 is 2.05 bits per heavy atom. The van der Waals surface area contributed by atoms with Crippen LogP contribution >= 0.6 is 0 Å². The molecule has 1 atom stereocenters. The van der Waals surface area contributed by atoms with Crippen molar-refractivity contribution in [1.29, 1.82) is 0 Å². The lowest BCUT2D eigenvalue weighted by Crippen LogP contribution is -2.41. The molecule has 0 aromatic carbocycles. The number of hydrogen-bond acceptors (Lipinski definition) is 5. The number of aliphatic hydroxyl groups is 2. The molecule has 7 heteroatoms. The van der Waals surface area contributed by atoms with Gasteiger partial charge in [-0.3, -0.25) is 0 Å². The van der Waals surface area contributed by atoms with E-state index in [1.807, 2.05) is 0 Å². The highest BCUT2D eigenvalue weighted by atomic mass is 28.4. The summed E-state index contributed by atoms with van der Waals surface area (Å²) in [6, 6.07) is 1.30. The first-order valence-electron chi connectivity index (χ1n) is 7.66. The summed E-state index contributed by atoms with van der Waals surface area (Å²) in [7, 11) is -2.55. The quantitative estimate of drug-likeness (QED) is 0.400. The van der Waals surface area contributed by atoms with E-state index in [1.54, 1.807) is 0 Å². The molecule has 0 aromatic heterocycles. The highest BCUT2D eigenvalue weighted by Crippen LogP contribution is 2.19. The minimum atomic E-state index is -1.28. The van der Waals surface area contributed by atoms with Crippen LogP contribution in [0.3, 0.4) is 0 Å². The van der Waals surface area contributed by atoms with Gasteiger partial charge >= 0.3 is 5.97 Å². The normalized spacial score (nSPS) is 13.0. The molecule has 0 aliphatic heterocycles. The Labute approximate surface area is 137 Å². The molecule has 0 aliphatic carbocycles. The predicted molar refractivity (Wildman–Crippen MR) is 95.9 cm³/mol. The Morgan fingerprint density at radius 2 is 1.73 bits per heavy atom. The van der Waals surface area contributed by atoms with E-state index in [9.17, 15) is 4.79 Å². The first kappa shape index (κ1) is 23.8. The van der Waals surface area contributed by atoms with Crippen LogP contribution in [0.2, 0.25) is 38.8 Å². The van der Waals surface area contributed by atoms with Crippen molar-refractivity contribution in [1.82, 2.24) is 0 Å². The molecule has 0 saturated carbocycles. The molecule has 0 fully saturated rings. The number of aliphatic hydroxyl groups excluding tert-OH is 2.